The second kappa shape index (κ2) is 6.15. The summed E-state index contributed by atoms with van der Waals surface area (Å²) in [4.78, 5) is 0. The van der Waals surface area contributed by atoms with Crippen molar-refractivity contribution >= 4 is 0 Å². The minimum atomic E-state index is -0.0971. The second-order valence-electron chi connectivity index (χ2n) is 5.20. The minimum Gasteiger partial charge on any atom is -0.313 e. The highest BCUT2D eigenvalue weighted by Crippen LogP contribution is 2.26. The molecule has 0 radical (unpaired) electrons. The minimum absolute atomic E-state index is 0.0971. The van der Waals surface area contributed by atoms with Gasteiger partial charge in [-0.2, -0.15) is 0 Å². The van der Waals surface area contributed by atoms with Crippen molar-refractivity contribution in [2.24, 2.45) is 5.92 Å². The maximum Gasteiger partial charge on any atom is 0.126 e. The summed E-state index contributed by atoms with van der Waals surface area (Å²) in [6.07, 6.45) is 6.90. The third-order valence-electron chi connectivity index (χ3n) is 3.77. The molecule has 0 bridgehead atoms. The molecular formula is C15H22FN. The van der Waals surface area contributed by atoms with E-state index in [0.717, 1.165) is 30.1 Å². The van der Waals surface area contributed by atoms with Gasteiger partial charge in [0.05, 0.1) is 0 Å². The van der Waals surface area contributed by atoms with E-state index < -0.39 is 0 Å². The summed E-state index contributed by atoms with van der Waals surface area (Å²) in [5, 5.41) is 3.41. The first-order valence-electron chi connectivity index (χ1n) is 6.71. The zero-order valence-electron chi connectivity index (χ0n) is 10.6. The van der Waals surface area contributed by atoms with Gasteiger partial charge in [-0.1, -0.05) is 37.8 Å². The number of benzene rings is 1. The van der Waals surface area contributed by atoms with Crippen molar-refractivity contribution in [2.75, 3.05) is 6.54 Å². The molecule has 1 aliphatic carbocycles. The average Bonchev–Trinajstić information content (AvgIpc) is 2.82. The second-order valence-corrected chi connectivity index (χ2v) is 5.20. The number of aryl methyl sites for hydroxylation is 1. The van der Waals surface area contributed by atoms with Gasteiger partial charge < -0.3 is 5.32 Å². The molecule has 0 aliphatic heterocycles. The summed E-state index contributed by atoms with van der Waals surface area (Å²) < 4.78 is 13.3. The molecule has 1 fully saturated rings. The maximum absolute atomic E-state index is 13.3. The van der Waals surface area contributed by atoms with Crippen molar-refractivity contribution < 1.29 is 4.39 Å². The van der Waals surface area contributed by atoms with Crippen LogP contribution >= 0.6 is 0 Å². The van der Waals surface area contributed by atoms with Crippen molar-refractivity contribution in [3.63, 3.8) is 0 Å². The molecule has 1 aromatic carbocycles. The van der Waals surface area contributed by atoms with Crippen LogP contribution in [0.25, 0.3) is 0 Å². The predicted molar refractivity (Wildman–Crippen MR) is 69.4 cm³/mol. The monoisotopic (exact) mass is 235 g/mol. The average molecular weight is 235 g/mol. The highest BCUT2D eigenvalue weighted by atomic mass is 19.1. The highest BCUT2D eigenvalue weighted by molar-refractivity contribution is 5.23. The molecule has 0 unspecified atom stereocenters. The molecule has 1 saturated carbocycles. The van der Waals surface area contributed by atoms with Crippen LogP contribution in [0.2, 0.25) is 0 Å². The summed E-state index contributed by atoms with van der Waals surface area (Å²) in [6.45, 7) is 3.64. The molecule has 1 aromatic rings. The van der Waals surface area contributed by atoms with Crippen LogP contribution in [0.15, 0.2) is 18.2 Å². The predicted octanol–water partition coefficient (Wildman–Crippen LogP) is 3.80. The van der Waals surface area contributed by atoms with Gasteiger partial charge in [0.2, 0.25) is 0 Å². The Kier molecular flexibility index (Phi) is 4.55. The summed E-state index contributed by atoms with van der Waals surface area (Å²) in [6, 6.07) is 5.49. The number of halogens is 1. The first-order valence-corrected chi connectivity index (χ1v) is 6.71. The Hall–Kier alpha value is -0.890. The summed E-state index contributed by atoms with van der Waals surface area (Å²) in [5.41, 5.74) is 1.76. The van der Waals surface area contributed by atoms with E-state index >= 15 is 0 Å². The van der Waals surface area contributed by atoms with Gasteiger partial charge in [0.25, 0.3) is 0 Å². The van der Waals surface area contributed by atoms with Gasteiger partial charge in [0.1, 0.15) is 5.82 Å². The zero-order chi connectivity index (χ0) is 12.1. The van der Waals surface area contributed by atoms with Crippen LogP contribution < -0.4 is 5.32 Å². The van der Waals surface area contributed by atoms with E-state index in [1.807, 2.05) is 12.1 Å². The molecule has 94 valence electrons. The molecule has 0 atom stereocenters. The van der Waals surface area contributed by atoms with Gasteiger partial charge in [-0.15, -0.1) is 0 Å². The number of nitrogens with one attached hydrogen (secondary N) is 1. The van der Waals surface area contributed by atoms with Crippen molar-refractivity contribution in [2.45, 2.75) is 45.6 Å². The topological polar surface area (TPSA) is 12.0 Å². The van der Waals surface area contributed by atoms with Gasteiger partial charge in [-0.25, -0.2) is 4.39 Å². The fourth-order valence-electron chi connectivity index (χ4n) is 2.58. The van der Waals surface area contributed by atoms with E-state index in [1.165, 1.54) is 32.1 Å². The molecule has 0 aromatic heterocycles. The lowest BCUT2D eigenvalue weighted by molar-refractivity contribution is 0.477. The van der Waals surface area contributed by atoms with Crippen molar-refractivity contribution in [3.8, 4) is 0 Å². The van der Waals surface area contributed by atoms with E-state index in [2.05, 4.69) is 5.32 Å². The summed E-state index contributed by atoms with van der Waals surface area (Å²) >= 11 is 0. The first-order chi connectivity index (χ1) is 8.25. The lowest BCUT2D eigenvalue weighted by Gasteiger charge is -2.10. The third kappa shape index (κ3) is 3.81. The molecule has 1 nitrogen and oxygen atoms in total. The highest BCUT2D eigenvalue weighted by Gasteiger charge is 2.13. The lowest BCUT2D eigenvalue weighted by atomic mass is 10.0. The molecule has 0 spiro atoms. The molecule has 2 heteroatoms. The van der Waals surface area contributed by atoms with Crippen LogP contribution in [0.5, 0.6) is 0 Å². The van der Waals surface area contributed by atoms with E-state index in [0.29, 0.717) is 0 Å². The largest absolute Gasteiger partial charge is 0.313 e. The van der Waals surface area contributed by atoms with Crippen LogP contribution in [-0.4, -0.2) is 6.54 Å². The third-order valence-corrected chi connectivity index (χ3v) is 3.77. The van der Waals surface area contributed by atoms with Crippen molar-refractivity contribution in [1.82, 2.24) is 5.32 Å². The van der Waals surface area contributed by atoms with Crippen LogP contribution in [-0.2, 0) is 6.54 Å². The first kappa shape index (κ1) is 12.6. The molecule has 0 heterocycles. The quantitative estimate of drug-likeness (QED) is 0.765. The van der Waals surface area contributed by atoms with Gasteiger partial charge >= 0.3 is 0 Å². The van der Waals surface area contributed by atoms with Crippen LogP contribution in [0.4, 0.5) is 4.39 Å². The Morgan fingerprint density at radius 1 is 1.29 bits per heavy atom. The fourth-order valence-corrected chi connectivity index (χ4v) is 2.58. The molecule has 0 amide bonds. The van der Waals surface area contributed by atoms with E-state index in [-0.39, 0.29) is 5.82 Å². The Balaban J connectivity index is 1.68. The molecule has 2 rings (SSSR count). The van der Waals surface area contributed by atoms with Crippen LogP contribution in [0.1, 0.15) is 43.2 Å². The molecule has 0 saturated heterocycles. The van der Waals surface area contributed by atoms with Crippen molar-refractivity contribution in [3.05, 3.63) is 35.1 Å². The smallest absolute Gasteiger partial charge is 0.126 e. The molecule has 1 N–H and O–H groups in total. The maximum atomic E-state index is 13.3. The van der Waals surface area contributed by atoms with Gasteiger partial charge in [-0.05, 0) is 43.0 Å². The van der Waals surface area contributed by atoms with E-state index in [9.17, 15) is 4.39 Å². The Bertz CT molecular complexity index is 356. The van der Waals surface area contributed by atoms with Crippen LogP contribution in [0.3, 0.4) is 0 Å². The molecular weight excluding hydrogens is 213 g/mol. The number of hydrogen-bond donors (Lipinski definition) is 1. The normalized spacial score (nSPS) is 16.6. The summed E-state index contributed by atoms with van der Waals surface area (Å²) in [5.74, 6) is 0.831. The van der Waals surface area contributed by atoms with Gasteiger partial charge in [-0.3, -0.25) is 0 Å². The fraction of sp³-hybridized carbons (Fsp3) is 0.600. The van der Waals surface area contributed by atoms with Gasteiger partial charge in [0, 0.05) is 6.54 Å². The zero-order valence-corrected chi connectivity index (χ0v) is 10.6. The van der Waals surface area contributed by atoms with Crippen molar-refractivity contribution in [1.29, 1.82) is 0 Å². The molecule has 17 heavy (non-hydrogen) atoms. The lowest BCUT2D eigenvalue weighted by Crippen LogP contribution is -2.17. The van der Waals surface area contributed by atoms with Gasteiger partial charge in [0.15, 0.2) is 0 Å². The Morgan fingerprint density at radius 3 is 2.76 bits per heavy atom. The molecule has 1 aliphatic rings. The summed E-state index contributed by atoms with van der Waals surface area (Å²) in [7, 11) is 0. The number of rotatable bonds is 5. The Morgan fingerprint density at radius 2 is 2.06 bits per heavy atom. The van der Waals surface area contributed by atoms with Crippen LogP contribution in [0, 0.1) is 18.7 Å². The SMILES string of the molecule is Cc1ccc(CNCCC2CCCC2)cc1F. The standard InChI is InChI=1S/C15H22FN/c1-12-6-7-14(10-15(12)16)11-17-9-8-13-4-2-3-5-13/h6-7,10,13,17H,2-5,8-9,11H2,1H3. The Labute approximate surface area is 103 Å². The van der Waals surface area contributed by atoms with E-state index in [1.54, 1.807) is 13.0 Å². The van der Waals surface area contributed by atoms with E-state index in [4.69, 9.17) is 0 Å². The number of hydrogen-bond acceptors (Lipinski definition) is 1.